The molecule has 28 heavy (non-hydrogen) atoms. The van der Waals surface area contributed by atoms with E-state index in [2.05, 4.69) is 28.2 Å². The molecule has 0 aliphatic carbocycles. The van der Waals surface area contributed by atoms with Gasteiger partial charge in [-0.3, -0.25) is 9.59 Å². The minimum absolute atomic E-state index is 0.117. The lowest BCUT2D eigenvalue weighted by atomic mass is 10.1. The molecule has 4 rings (SSSR count). The van der Waals surface area contributed by atoms with E-state index >= 15 is 0 Å². The van der Waals surface area contributed by atoms with Crippen LogP contribution in [0.5, 0.6) is 0 Å². The molecule has 0 aliphatic rings. The van der Waals surface area contributed by atoms with Crippen molar-refractivity contribution in [1.29, 1.82) is 0 Å². The Morgan fingerprint density at radius 3 is 2.25 bits per heavy atom. The first-order valence-electron chi connectivity index (χ1n) is 9.27. The first-order valence-corrected chi connectivity index (χ1v) is 9.27. The number of rotatable bonds is 4. The van der Waals surface area contributed by atoms with Crippen LogP contribution < -0.4 is 10.6 Å². The highest BCUT2D eigenvalue weighted by Crippen LogP contribution is 2.39. The van der Waals surface area contributed by atoms with E-state index in [9.17, 15) is 9.59 Å². The number of nitrogens with one attached hydrogen (secondary N) is 2. The fourth-order valence-corrected chi connectivity index (χ4v) is 3.81. The summed E-state index contributed by atoms with van der Waals surface area (Å²) in [7, 11) is 0. The highest BCUT2D eigenvalue weighted by atomic mass is 16.2. The van der Waals surface area contributed by atoms with E-state index in [1.165, 1.54) is 13.8 Å². The van der Waals surface area contributed by atoms with Gasteiger partial charge in [0.1, 0.15) is 0 Å². The lowest BCUT2D eigenvalue weighted by molar-refractivity contribution is -0.115. The Morgan fingerprint density at radius 2 is 1.61 bits per heavy atom. The molecule has 0 atom stereocenters. The minimum atomic E-state index is -0.128. The fourth-order valence-electron chi connectivity index (χ4n) is 3.81. The Labute approximate surface area is 162 Å². The van der Waals surface area contributed by atoms with Crippen molar-refractivity contribution >= 4 is 45.0 Å². The van der Waals surface area contributed by atoms with E-state index in [0.29, 0.717) is 0 Å². The Morgan fingerprint density at radius 1 is 0.929 bits per heavy atom. The fraction of sp³-hybridized carbons (Fsp3) is 0.182. The van der Waals surface area contributed by atoms with Crippen LogP contribution in [0.25, 0.3) is 27.5 Å². The van der Waals surface area contributed by atoms with Gasteiger partial charge < -0.3 is 19.8 Å². The SMILES string of the molecule is CCn1c2ccc(NC(C)=O)cc2c2c(NC(C)=O)c(-n3cccc3)ccc21. The standard InChI is InChI=1S/C22H22N4O2/c1-4-26-18-8-7-16(23-14(2)27)13-17(18)21-19(26)9-10-20(22(21)24-15(3)28)25-11-5-6-12-25/h5-13H,4H2,1-3H3,(H,23,27)(H,24,28). The molecule has 6 nitrogen and oxygen atoms in total. The second-order valence-electron chi connectivity index (χ2n) is 6.78. The van der Waals surface area contributed by atoms with Gasteiger partial charge in [0.25, 0.3) is 0 Å². The highest BCUT2D eigenvalue weighted by molar-refractivity contribution is 6.18. The van der Waals surface area contributed by atoms with E-state index in [1.54, 1.807) is 0 Å². The lowest BCUT2D eigenvalue weighted by Crippen LogP contribution is -2.09. The smallest absolute Gasteiger partial charge is 0.221 e. The number of carbonyl (C=O) groups is 2. The molecule has 142 valence electrons. The van der Waals surface area contributed by atoms with Crippen molar-refractivity contribution in [3.8, 4) is 5.69 Å². The molecule has 0 saturated carbocycles. The quantitative estimate of drug-likeness (QED) is 0.551. The van der Waals surface area contributed by atoms with Crippen LogP contribution in [-0.2, 0) is 16.1 Å². The normalized spacial score (nSPS) is 11.1. The van der Waals surface area contributed by atoms with Gasteiger partial charge in [-0.2, -0.15) is 0 Å². The number of anilines is 2. The topological polar surface area (TPSA) is 68.1 Å². The van der Waals surface area contributed by atoms with Crippen LogP contribution in [0.2, 0.25) is 0 Å². The van der Waals surface area contributed by atoms with Crippen LogP contribution >= 0.6 is 0 Å². The Balaban J connectivity index is 2.11. The van der Waals surface area contributed by atoms with Crippen LogP contribution in [0.15, 0.2) is 54.9 Å². The first-order chi connectivity index (χ1) is 13.5. The third-order valence-electron chi connectivity index (χ3n) is 4.83. The van der Waals surface area contributed by atoms with Crippen molar-refractivity contribution in [2.75, 3.05) is 10.6 Å². The van der Waals surface area contributed by atoms with E-state index in [4.69, 9.17) is 0 Å². The Bertz CT molecular complexity index is 1200. The first kappa shape index (κ1) is 17.9. The molecule has 0 aliphatic heterocycles. The van der Waals surface area contributed by atoms with E-state index in [-0.39, 0.29) is 11.8 Å². The third-order valence-corrected chi connectivity index (χ3v) is 4.83. The molecule has 0 bridgehead atoms. The summed E-state index contributed by atoms with van der Waals surface area (Å²) in [5, 5.41) is 7.83. The van der Waals surface area contributed by atoms with Crippen molar-refractivity contribution in [2.45, 2.75) is 27.3 Å². The molecule has 0 spiro atoms. The van der Waals surface area contributed by atoms with Crippen molar-refractivity contribution in [3.63, 3.8) is 0 Å². The summed E-state index contributed by atoms with van der Waals surface area (Å²) < 4.78 is 4.20. The zero-order valence-corrected chi connectivity index (χ0v) is 16.1. The zero-order chi connectivity index (χ0) is 19.8. The molecule has 2 aromatic heterocycles. The van der Waals surface area contributed by atoms with E-state index in [1.807, 2.05) is 53.4 Å². The van der Waals surface area contributed by atoms with Crippen LogP contribution in [0.4, 0.5) is 11.4 Å². The molecular formula is C22H22N4O2. The summed E-state index contributed by atoms with van der Waals surface area (Å²) in [5.74, 6) is -0.245. The maximum atomic E-state index is 12.0. The molecule has 2 N–H and O–H groups in total. The third kappa shape index (κ3) is 2.93. The summed E-state index contributed by atoms with van der Waals surface area (Å²) >= 11 is 0. The molecule has 0 unspecified atom stereocenters. The van der Waals surface area contributed by atoms with Gasteiger partial charge in [-0.1, -0.05) is 0 Å². The van der Waals surface area contributed by atoms with E-state index < -0.39 is 0 Å². The van der Waals surface area contributed by atoms with Gasteiger partial charge >= 0.3 is 0 Å². The molecule has 2 aromatic carbocycles. The molecule has 4 aromatic rings. The zero-order valence-electron chi connectivity index (χ0n) is 16.1. The minimum Gasteiger partial charge on any atom is -0.341 e. The molecular weight excluding hydrogens is 352 g/mol. The number of carbonyl (C=O) groups excluding carboxylic acids is 2. The summed E-state index contributed by atoms with van der Waals surface area (Å²) in [5.41, 5.74) is 4.49. The maximum absolute atomic E-state index is 12.0. The summed E-state index contributed by atoms with van der Waals surface area (Å²) in [6, 6.07) is 13.9. The van der Waals surface area contributed by atoms with Gasteiger partial charge in [0.15, 0.2) is 0 Å². The van der Waals surface area contributed by atoms with Gasteiger partial charge in [-0.25, -0.2) is 0 Å². The van der Waals surface area contributed by atoms with Crippen LogP contribution in [-0.4, -0.2) is 20.9 Å². The summed E-state index contributed by atoms with van der Waals surface area (Å²) in [4.78, 5) is 23.5. The van der Waals surface area contributed by atoms with Crippen molar-refractivity contribution in [3.05, 3.63) is 54.9 Å². The molecule has 0 radical (unpaired) electrons. The van der Waals surface area contributed by atoms with Crippen LogP contribution in [0.3, 0.4) is 0 Å². The number of nitrogens with zero attached hydrogens (tertiary/aromatic N) is 2. The van der Waals surface area contributed by atoms with Gasteiger partial charge in [0.05, 0.1) is 16.9 Å². The number of amides is 2. The van der Waals surface area contributed by atoms with Crippen molar-refractivity contribution < 1.29 is 9.59 Å². The van der Waals surface area contributed by atoms with Crippen LogP contribution in [0.1, 0.15) is 20.8 Å². The molecule has 0 saturated heterocycles. The average Bonchev–Trinajstić information content (AvgIpc) is 3.26. The number of hydrogen-bond acceptors (Lipinski definition) is 2. The monoisotopic (exact) mass is 374 g/mol. The number of benzene rings is 2. The molecule has 0 fully saturated rings. The largest absolute Gasteiger partial charge is 0.341 e. The van der Waals surface area contributed by atoms with Gasteiger partial charge in [0.2, 0.25) is 11.8 Å². The predicted octanol–water partition coefficient (Wildman–Crippen LogP) is 4.52. The van der Waals surface area contributed by atoms with Gasteiger partial charge in [0, 0.05) is 54.8 Å². The molecule has 2 heterocycles. The summed E-state index contributed by atoms with van der Waals surface area (Å²) in [6.45, 7) is 5.90. The maximum Gasteiger partial charge on any atom is 0.221 e. The predicted molar refractivity (Wildman–Crippen MR) is 113 cm³/mol. The summed E-state index contributed by atoms with van der Waals surface area (Å²) in [6.07, 6.45) is 3.91. The van der Waals surface area contributed by atoms with E-state index in [0.717, 1.165) is 45.4 Å². The number of aromatic nitrogens is 2. The second-order valence-corrected chi connectivity index (χ2v) is 6.78. The van der Waals surface area contributed by atoms with Crippen LogP contribution in [0, 0.1) is 0 Å². The second kappa shape index (κ2) is 6.88. The number of aryl methyl sites for hydroxylation is 1. The molecule has 2 amide bonds. The highest BCUT2D eigenvalue weighted by Gasteiger charge is 2.18. The Kier molecular flexibility index (Phi) is 4.39. The molecule has 6 heteroatoms. The van der Waals surface area contributed by atoms with Crippen molar-refractivity contribution in [1.82, 2.24) is 9.13 Å². The number of fused-ring (bicyclic) bond motifs is 3. The van der Waals surface area contributed by atoms with Crippen molar-refractivity contribution in [2.24, 2.45) is 0 Å². The van der Waals surface area contributed by atoms with Gasteiger partial charge in [-0.05, 0) is 49.4 Å². The number of hydrogen-bond donors (Lipinski definition) is 2. The average molecular weight is 374 g/mol. The van der Waals surface area contributed by atoms with Gasteiger partial charge in [-0.15, -0.1) is 0 Å². The lowest BCUT2D eigenvalue weighted by Gasteiger charge is -2.14. The Hall–Kier alpha value is -3.54.